The molecule has 1 aromatic rings. The summed E-state index contributed by atoms with van der Waals surface area (Å²) in [5.74, 6) is 3.06. The van der Waals surface area contributed by atoms with Gasteiger partial charge >= 0.3 is 0 Å². The van der Waals surface area contributed by atoms with E-state index in [-0.39, 0.29) is 6.04 Å². The molecule has 0 spiro atoms. The van der Waals surface area contributed by atoms with Crippen LogP contribution < -0.4 is 10.5 Å². The first-order valence-electron chi connectivity index (χ1n) is 6.82. The minimum atomic E-state index is -0.0539. The van der Waals surface area contributed by atoms with Crippen LogP contribution >= 0.6 is 11.8 Å². The third-order valence-corrected chi connectivity index (χ3v) is 4.72. The molecule has 0 amide bonds. The van der Waals surface area contributed by atoms with Gasteiger partial charge in [0, 0.05) is 30.6 Å². The highest BCUT2D eigenvalue weighted by Crippen LogP contribution is 2.30. The molecule has 0 aromatic carbocycles. The second kappa shape index (κ2) is 6.63. The summed E-state index contributed by atoms with van der Waals surface area (Å²) in [7, 11) is 3.83. The molecule has 1 fully saturated rings. The van der Waals surface area contributed by atoms with E-state index < -0.39 is 0 Å². The van der Waals surface area contributed by atoms with E-state index in [1.807, 2.05) is 16.4 Å². The van der Waals surface area contributed by atoms with Crippen molar-refractivity contribution in [2.24, 2.45) is 5.73 Å². The van der Waals surface area contributed by atoms with Crippen LogP contribution in [0.5, 0.6) is 5.75 Å². The van der Waals surface area contributed by atoms with Crippen molar-refractivity contribution >= 4 is 11.8 Å². The summed E-state index contributed by atoms with van der Waals surface area (Å²) in [6.45, 7) is 4.12. The zero-order chi connectivity index (χ0) is 13.8. The first-order valence-corrected chi connectivity index (χ1v) is 7.97. The lowest BCUT2D eigenvalue weighted by Gasteiger charge is -2.36. The molecule has 108 valence electrons. The van der Waals surface area contributed by atoms with Gasteiger partial charge in [0.25, 0.3) is 0 Å². The minimum absolute atomic E-state index is 0.0539. The molecule has 2 rings (SSSR count). The summed E-state index contributed by atoms with van der Waals surface area (Å²) in [5, 5.41) is 4.40. The van der Waals surface area contributed by atoms with Crippen molar-refractivity contribution in [2.45, 2.75) is 32.0 Å². The first-order chi connectivity index (χ1) is 9.19. The van der Waals surface area contributed by atoms with Crippen molar-refractivity contribution in [1.29, 1.82) is 0 Å². The minimum Gasteiger partial charge on any atom is -0.493 e. The van der Waals surface area contributed by atoms with Crippen molar-refractivity contribution in [2.75, 3.05) is 32.2 Å². The normalized spacial score (nSPS) is 22.4. The van der Waals surface area contributed by atoms with E-state index in [2.05, 4.69) is 24.0 Å². The first kappa shape index (κ1) is 14.7. The Kier molecular flexibility index (Phi) is 5.13. The maximum absolute atomic E-state index is 6.52. The van der Waals surface area contributed by atoms with Gasteiger partial charge in [-0.05, 0) is 13.5 Å². The molecule has 2 heterocycles. The van der Waals surface area contributed by atoms with Gasteiger partial charge in [0.1, 0.15) is 0 Å². The Morgan fingerprint density at radius 3 is 3.05 bits per heavy atom. The Bertz CT molecular complexity index is 409. The number of rotatable bonds is 5. The SMILES string of the molecule is CCCn1ncc(OC)c1C(N)C1CSCCN1C. The Hall–Kier alpha value is -0.720. The van der Waals surface area contributed by atoms with Gasteiger partial charge in [-0.25, -0.2) is 0 Å². The summed E-state index contributed by atoms with van der Waals surface area (Å²) >= 11 is 1.97. The van der Waals surface area contributed by atoms with E-state index in [1.165, 1.54) is 5.75 Å². The summed E-state index contributed by atoms with van der Waals surface area (Å²) < 4.78 is 7.43. The Morgan fingerprint density at radius 1 is 1.63 bits per heavy atom. The van der Waals surface area contributed by atoms with Crippen LogP contribution in [0.1, 0.15) is 25.1 Å². The monoisotopic (exact) mass is 284 g/mol. The predicted octanol–water partition coefficient (Wildman–Crippen LogP) is 1.35. The van der Waals surface area contributed by atoms with Crippen LogP contribution in [0.3, 0.4) is 0 Å². The quantitative estimate of drug-likeness (QED) is 0.884. The average molecular weight is 284 g/mol. The zero-order valence-corrected chi connectivity index (χ0v) is 12.8. The van der Waals surface area contributed by atoms with Crippen LogP contribution in [-0.2, 0) is 6.54 Å². The summed E-state index contributed by atoms with van der Waals surface area (Å²) in [6, 6.07) is 0.293. The van der Waals surface area contributed by atoms with Gasteiger partial charge in [-0.1, -0.05) is 6.92 Å². The average Bonchev–Trinajstić information content (AvgIpc) is 2.82. The number of nitrogens with two attached hydrogens (primary N) is 1. The molecule has 2 unspecified atom stereocenters. The number of thioether (sulfide) groups is 1. The van der Waals surface area contributed by atoms with Crippen LogP contribution in [-0.4, -0.2) is 52.9 Å². The van der Waals surface area contributed by atoms with Crippen LogP contribution in [0.4, 0.5) is 0 Å². The molecule has 2 atom stereocenters. The molecule has 1 aliphatic heterocycles. The lowest BCUT2D eigenvalue weighted by Crippen LogP contribution is -2.46. The van der Waals surface area contributed by atoms with Gasteiger partial charge in [0.15, 0.2) is 5.75 Å². The van der Waals surface area contributed by atoms with Gasteiger partial charge in [0.05, 0.1) is 25.0 Å². The van der Waals surface area contributed by atoms with E-state index in [0.717, 1.165) is 36.7 Å². The van der Waals surface area contributed by atoms with Crippen molar-refractivity contribution in [3.05, 3.63) is 11.9 Å². The molecule has 0 bridgehead atoms. The largest absolute Gasteiger partial charge is 0.493 e. The molecule has 6 heteroatoms. The highest BCUT2D eigenvalue weighted by atomic mass is 32.2. The second-order valence-corrected chi connectivity index (χ2v) is 6.12. The van der Waals surface area contributed by atoms with E-state index in [4.69, 9.17) is 10.5 Å². The van der Waals surface area contributed by atoms with Crippen molar-refractivity contribution in [3.63, 3.8) is 0 Å². The van der Waals surface area contributed by atoms with Crippen LogP contribution in [0.25, 0.3) is 0 Å². The molecule has 1 aliphatic rings. The standard InChI is InChI=1S/C13H24N4OS/c1-4-5-17-13(11(18-3)8-15-17)12(14)10-9-19-7-6-16(10)2/h8,10,12H,4-7,9,14H2,1-3H3. The fourth-order valence-corrected chi connectivity index (χ4v) is 3.81. The van der Waals surface area contributed by atoms with E-state index in [0.29, 0.717) is 6.04 Å². The summed E-state index contributed by atoms with van der Waals surface area (Å²) in [6.07, 6.45) is 2.82. The van der Waals surface area contributed by atoms with Crippen LogP contribution in [0, 0.1) is 0 Å². The van der Waals surface area contributed by atoms with Crippen molar-refractivity contribution in [1.82, 2.24) is 14.7 Å². The fourth-order valence-electron chi connectivity index (χ4n) is 2.53. The predicted molar refractivity (Wildman–Crippen MR) is 79.7 cm³/mol. The van der Waals surface area contributed by atoms with Crippen LogP contribution in [0.2, 0.25) is 0 Å². The lowest BCUT2D eigenvalue weighted by atomic mass is 10.0. The third-order valence-electron chi connectivity index (χ3n) is 3.67. The number of methoxy groups -OCH3 is 1. The zero-order valence-electron chi connectivity index (χ0n) is 12.0. The number of hydrogen-bond acceptors (Lipinski definition) is 5. The Balaban J connectivity index is 2.25. The maximum Gasteiger partial charge on any atom is 0.161 e. The lowest BCUT2D eigenvalue weighted by molar-refractivity contribution is 0.229. The number of nitrogens with zero attached hydrogens (tertiary/aromatic N) is 3. The Morgan fingerprint density at radius 2 is 2.42 bits per heavy atom. The maximum atomic E-state index is 6.52. The third kappa shape index (κ3) is 3.07. The number of hydrogen-bond donors (Lipinski definition) is 1. The van der Waals surface area contributed by atoms with Gasteiger partial charge in [0.2, 0.25) is 0 Å². The van der Waals surface area contributed by atoms with Crippen LogP contribution in [0.15, 0.2) is 6.20 Å². The summed E-state index contributed by atoms with van der Waals surface area (Å²) in [5.41, 5.74) is 7.55. The van der Waals surface area contributed by atoms with E-state index in [1.54, 1.807) is 13.3 Å². The highest BCUT2D eigenvalue weighted by Gasteiger charge is 2.31. The topological polar surface area (TPSA) is 56.3 Å². The molecule has 2 N–H and O–H groups in total. The van der Waals surface area contributed by atoms with E-state index in [9.17, 15) is 0 Å². The molecule has 0 aliphatic carbocycles. The van der Waals surface area contributed by atoms with E-state index >= 15 is 0 Å². The van der Waals surface area contributed by atoms with Gasteiger partial charge in [-0.15, -0.1) is 0 Å². The Labute approximate surface area is 119 Å². The van der Waals surface area contributed by atoms with Crippen molar-refractivity contribution in [3.8, 4) is 5.75 Å². The molecule has 0 radical (unpaired) electrons. The van der Waals surface area contributed by atoms with Crippen molar-refractivity contribution < 1.29 is 4.74 Å². The fraction of sp³-hybridized carbons (Fsp3) is 0.769. The number of aryl methyl sites for hydroxylation is 1. The molecular weight excluding hydrogens is 260 g/mol. The molecule has 0 saturated carbocycles. The molecule has 5 nitrogen and oxygen atoms in total. The highest BCUT2D eigenvalue weighted by molar-refractivity contribution is 7.99. The van der Waals surface area contributed by atoms with Gasteiger partial charge < -0.3 is 10.5 Å². The van der Waals surface area contributed by atoms with Gasteiger partial charge in [-0.3, -0.25) is 9.58 Å². The molecule has 1 saturated heterocycles. The molecular formula is C13H24N4OS. The molecule has 19 heavy (non-hydrogen) atoms. The van der Waals surface area contributed by atoms with Gasteiger partial charge in [-0.2, -0.15) is 16.9 Å². The second-order valence-electron chi connectivity index (χ2n) is 4.97. The number of likely N-dealkylation sites (N-methyl/N-ethyl adjacent to an activating group) is 1. The number of ether oxygens (including phenoxy) is 1. The molecule has 1 aromatic heterocycles. The number of aromatic nitrogens is 2. The smallest absolute Gasteiger partial charge is 0.161 e. The summed E-state index contributed by atoms with van der Waals surface area (Å²) in [4.78, 5) is 2.35.